The third-order valence-electron chi connectivity index (χ3n) is 3.54. The van der Waals surface area contributed by atoms with E-state index in [9.17, 15) is 8.42 Å². The van der Waals surface area contributed by atoms with Crippen LogP contribution < -0.4 is 5.73 Å². The Morgan fingerprint density at radius 1 is 1.44 bits per heavy atom. The van der Waals surface area contributed by atoms with Gasteiger partial charge in [0.2, 0.25) is 10.0 Å². The lowest BCUT2D eigenvalue weighted by Crippen LogP contribution is -2.49. The monoisotopic (exact) mass is 273 g/mol. The number of sulfonamides is 1. The number of nitrogens with zero attached hydrogens (tertiary/aromatic N) is 2. The molecule has 1 fully saturated rings. The molecule has 0 spiro atoms. The van der Waals surface area contributed by atoms with Crippen LogP contribution in [0.2, 0.25) is 0 Å². The van der Waals surface area contributed by atoms with Gasteiger partial charge in [0, 0.05) is 19.1 Å². The van der Waals surface area contributed by atoms with Gasteiger partial charge in [0.1, 0.15) is 10.6 Å². The Morgan fingerprint density at radius 3 is 2.61 bits per heavy atom. The summed E-state index contributed by atoms with van der Waals surface area (Å²) < 4.78 is 31.4. The molecule has 0 saturated carbocycles. The van der Waals surface area contributed by atoms with Gasteiger partial charge in [0.25, 0.3) is 0 Å². The second-order valence-corrected chi connectivity index (χ2v) is 6.82. The summed E-state index contributed by atoms with van der Waals surface area (Å²) in [5, 5.41) is 3.70. The highest BCUT2D eigenvalue weighted by Gasteiger charge is 2.35. The highest BCUT2D eigenvalue weighted by molar-refractivity contribution is 7.89. The van der Waals surface area contributed by atoms with Gasteiger partial charge in [0.15, 0.2) is 5.76 Å². The Hall–Kier alpha value is -0.920. The van der Waals surface area contributed by atoms with Crippen LogP contribution >= 0.6 is 0 Å². The first-order chi connectivity index (χ1) is 8.34. The number of aromatic nitrogens is 1. The summed E-state index contributed by atoms with van der Waals surface area (Å²) in [7, 11) is -3.54. The molecule has 2 atom stereocenters. The van der Waals surface area contributed by atoms with E-state index in [1.165, 1.54) is 4.31 Å². The van der Waals surface area contributed by atoms with E-state index in [1.54, 1.807) is 13.8 Å². The minimum atomic E-state index is -3.54. The molecule has 0 amide bonds. The minimum Gasteiger partial charge on any atom is -0.360 e. The number of nitrogens with two attached hydrogens (primary N) is 1. The molecule has 1 saturated heterocycles. The largest absolute Gasteiger partial charge is 0.360 e. The lowest BCUT2D eigenvalue weighted by atomic mass is 9.96. The lowest BCUT2D eigenvalue weighted by Gasteiger charge is -2.34. The number of hydrogen-bond donors (Lipinski definition) is 1. The zero-order valence-corrected chi connectivity index (χ0v) is 11.7. The molecule has 0 aliphatic carbocycles. The van der Waals surface area contributed by atoms with Crippen molar-refractivity contribution in [3.63, 3.8) is 0 Å². The Morgan fingerprint density at radius 2 is 2.11 bits per heavy atom. The minimum absolute atomic E-state index is 0.117. The van der Waals surface area contributed by atoms with Gasteiger partial charge in [-0.25, -0.2) is 8.42 Å². The number of piperidine rings is 1. The van der Waals surface area contributed by atoms with E-state index in [0.717, 1.165) is 6.42 Å². The first kappa shape index (κ1) is 13.5. The standard InChI is InChI=1S/C11H19N3O3S/c1-7-4-5-14(6-10(7)12)18(15,16)11-8(2)13-17-9(11)3/h7,10H,4-6,12H2,1-3H3. The van der Waals surface area contributed by atoms with Crippen molar-refractivity contribution in [3.8, 4) is 0 Å². The maximum absolute atomic E-state index is 12.5. The summed E-state index contributed by atoms with van der Waals surface area (Å²) >= 11 is 0. The molecule has 2 heterocycles. The predicted molar refractivity (Wildman–Crippen MR) is 66.5 cm³/mol. The molecular weight excluding hydrogens is 254 g/mol. The van der Waals surface area contributed by atoms with Crippen molar-refractivity contribution in [3.05, 3.63) is 11.5 Å². The SMILES string of the molecule is Cc1noc(C)c1S(=O)(=O)N1CCC(C)C(N)C1. The normalized spacial score (nSPS) is 26.4. The maximum atomic E-state index is 12.5. The quantitative estimate of drug-likeness (QED) is 0.854. The molecule has 2 N–H and O–H groups in total. The van der Waals surface area contributed by atoms with E-state index in [1.807, 2.05) is 6.92 Å². The van der Waals surface area contributed by atoms with Crippen molar-refractivity contribution in [1.82, 2.24) is 9.46 Å². The highest BCUT2D eigenvalue weighted by atomic mass is 32.2. The van der Waals surface area contributed by atoms with Crippen LogP contribution in [0.1, 0.15) is 24.8 Å². The molecule has 0 radical (unpaired) electrons. The van der Waals surface area contributed by atoms with Gasteiger partial charge < -0.3 is 10.3 Å². The molecule has 102 valence electrons. The smallest absolute Gasteiger partial charge is 0.248 e. The molecule has 6 nitrogen and oxygen atoms in total. The van der Waals surface area contributed by atoms with E-state index in [-0.39, 0.29) is 10.9 Å². The fraction of sp³-hybridized carbons (Fsp3) is 0.727. The van der Waals surface area contributed by atoms with E-state index in [4.69, 9.17) is 10.3 Å². The summed E-state index contributed by atoms with van der Waals surface area (Å²) in [5.41, 5.74) is 6.35. The first-order valence-electron chi connectivity index (χ1n) is 6.02. The van der Waals surface area contributed by atoms with Gasteiger partial charge in [-0.15, -0.1) is 0 Å². The van der Waals surface area contributed by atoms with Crippen LogP contribution in [-0.2, 0) is 10.0 Å². The van der Waals surface area contributed by atoms with Crippen LogP contribution in [0.15, 0.2) is 9.42 Å². The van der Waals surface area contributed by atoms with Crippen LogP contribution in [-0.4, -0.2) is 37.0 Å². The molecule has 1 aromatic heterocycles. The fourth-order valence-corrected chi connectivity index (χ4v) is 4.04. The lowest BCUT2D eigenvalue weighted by molar-refractivity contribution is 0.252. The summed E-state index contributed by atoms with van der Waals surface area (Å²) in [6, 6.07) is -0.117. The van der Waals surface area contributed by atoms with Crippen LogP contribution in [0.3, 0.4) is 0 Å². The molecule has 0 aromatic carbocycles. The van der Waals surface area contributed by atoms with E-state index in [2.05, 4.69) is 5.16 Å². The predicted octanol–water partition coefficient (Wildman–Crippen LogP) is 0.649. The number of rotatable bonds is 2. The number of hydrogen-bond acceptors (Lipinski definition) is 5. The summed E-state index contributed by atoms with van der Waals surface area (Å²) in [6.07, 6.45) is 0.782. The zero-order valence-electron chi connectivity index (χ0n) is 10.9. The Bertz CT molecular complexity index is 518. The van der Waals surface area contributed by atoms with Crippen molar-refractivity contribution in [1.29, 1.82) is 0 Å². The van der Waals surface area contributed by atoms with Crippen molar-refractivity contribution in [2.24, 2.45) is 11.7 Å². The molecule has 18 heavy (non-hydrogen) atoms. The molecular formula is C11H19N3O3S. The van der Waals surface area contributed by atoms with Crippen LogP contribution in [0, 0.1) is 19.8 Å². The molecule has 2 rings (SSSR count). The molecule has 0 bridgehead atoms. The van der Waals surface area contributed by atoms with Crippen molar-refractivity contribution in [2.75, 3.05) is 13.1 Å². The van der Waals surface area contributed by atoms with Crippen LogP contribution in [0.25, 0.3) is 0 Å². The van der Waals surface area contributed by atoms with Crippen molar-refractivity contribution in [2.45, 2.75) is 38.1 Å². The van der Waals surface area contributed by atoms with Gasteiger partial charge in [-0.1, -0.05) is 12.1 Å². The topological polar surface area (TPSA) is 89.4 Å². The zero-order chi connectivity index (χ0) is 13.5. The Labute approximate surface area is 107 Å². The van der Waals surface area contributed by atoms with Crippen LogP contribution in [0.4, 0.5) is 0 Å². The molecule has 2 unspecified atom stereocenters. The average Bonchev–Trinajstić information content (AvgIpc) is 2.62. The van der Waals surface area contributed by atoms with Gasteiger partial charge in [-0.2, -0.15) is 4.31 Å². The van der Waals surface area contributed by atoms with Gasteiger partial charge in [-0.05, 0) is 26.2 Å². The van der Waals surface area contributed by atoms with Crippen LogP contribution in [0.5, 0.6) is 0 Å². The second kappa shape index (κ2) is 4.64. The summed E-state index contributed by atoms with van der Waals surface area (Å²) in [5.74, 6) is 0.681. The fourth-order valence-electron chi connectivity index (χ4n) is 2.26. The van der Waals surface area contributed by atoms with Gasteiger partial charge in [-0.3, -0.25) is 0 Å². The number of aryl methyl sites for hydroxylation is 2. The molecule has 1 aliphatic rings. The molecule has 1 aliphatic heterocycles. The molecule has 7 heteroatoms. The summed E-state index contributed by atoms with van der Waals surface area (Å²) in [4.78, 5) is 0.184. The van der Waals surface area contributed by atoms with Crippen molar-refractivity contribution < 1.29 is 12.9 Å². The Kier molecular flexibility index (Phi) is 3.48. The Balaban J connectivity index is 2.33. The van der Waals surface area contributed by atoms with E-state index >= 15 is 0 Å². The first-order valence-corrected chi connectivity index (χ1v) is 7.46. The third kappa shape index (κ3) is 2.17. The second-order valence-electron chi connectivity index (χ2n) is 4.95. The maximum Gasteiger partial charge on any atom is 0.248 e. The summed E-state index contributed by atoms with van der Waals surface area (Å²) in [6.45, 7) is 6.15. The van der Waals surface area contributed by atoms with E-state index < -0.39 is 10.0 Å². The third-order valence-corrected chi connectivity index (χ3v) is 5.66. The molecule has 1 aromatic rings. The average molecular weight is 273 g/mol. The van der Waals surface area contributed by atoms with Gasteiger partial charge >= 0.3 is 0 Å². The van der Waals surface area contributed by atoms with Gasteiger partial charge in [0.05, 0.1) is 0 Å². The highest BCUT2D eigenvalue weighted by Crippen LogP contribution is 2.26. The van der Waals surface area contributed by atoms with E-state index in [0.29, 0.717) is 30.5 Å². The van der Waals surface area contributed by atoms with Crippen molar-refractivity contribution >= 4 is 10.0 Å².